The monoisotopic (exact) mass is 743 g/mol. The van der Waals surface area contributed by atoms with Gasteiger partial charge in [-0.05, 0) is 85.3 Å². The van der Waals surface area contributed by atoms with Gasteiger partial charge in [-0.2, -0.15) is 0 Å². The standard InChI is InChI=1S/C55H41N3/c1-4-16-37(17-5-1)41-20-14-21-42(36-41)54-57-52(39-18-6-2-7-19-39)56-53(58-54)40-30-28-38(29-31-40)43-32-33-46(45-23-9-8-22-44(43)45)48-25-15-26-49-47-24-10-11-27-50(47)55(51(48)49)34-12-3-13-35-55/h1-2,4-11,14-33,36H,3,12-13,34-35H2. The second-order valence-corrected chi connectivity index (χ2v) is 15.8. The molecule has 3 nitrogen and oxygen atoms in total. The van der Waals surface area contributed by atoms with Gasteiger partial charge >= 0.3 is 0 Å². The molecule has 8 aromatic carbocycles. The van der Waals surface area contributed by atoms with E-state index in [0.29, 0.717) is 17.5 Å². The molecule has 2 aliphatic rings. The summed E-state index contributed by atoms with van der Waals surface area (Å²) in [6.45, 7) is 0. The second-order valence-electron chi connectivity index (χ2n) is 15.8. The zero-order valence-corrected chi connectivity index (χ0v) is 32.3. The van der Waals surface area contributed by atoms with E-state index in [9.17, 15) is 0 Å². The van der Waals surface area contributed by atoms with Crippen molar-refractivity contribution < 1.29 is 0 Å². The van der Waals surface area contributed by atoms with Crippen LogP contribution in [0.3, 0.4) is 0 Å². The summed E-state index contributed by atoms with van der Waals surface area (Å²) >= 11 is 0. The van der Waals surface area contributed by atoms with Crippen molar-refractivity contribution in [3.05, 3.63) is 199 Å². The molecule has 0 aliphatic heterocycles. The quantitative estimate of drug-likeness (QED) is 0.170. The fraction of sp³-hybridized carbons (Fsp3) is 0.109. The Morgan fingerprint density at radius 1 is 0.310 bits per heavy atom. The summed E-state index contributed by atoms with van der Waals surface area (Å²) in [4.78, 5) is 15.1. The molecule has 1 saturated carbocycles. The summed E-state index contributed by atoms with van der Waals surface area (Å²) in [5.74, 6) is 1.95. The van der Waals surface area contributed by atoms with Crippen molar-refractivity contribution in [3.63, 3.8) is 0 Å². The topological polar surface area (TPSA) is 38.7 Å². The van der Waals surface area contributed by atoms with Gasteiger partial charge in [-0.15, -0.1) is 0 Å². The number of fused-ring (bicyclic) bond motifs is 6. The molecule has 1 spiro atoms. The van der Waals surface area contributed by atoms with E-state index in [1.807, 2.05) is 24.3 Å². The maximum absolute atomic E-state index is 5.09. The van der Waals surface area contributed by atoms with E-state index in [0.717, 1.165) is 33.4 Å². The molecule has 276 valence electrons. The van der Waals surface area contributed by atoms with Crippen LogP contribution in [0.25, 0.3) is 89.4 Å². The molecule has 11 rings (SSSR count). The molecule has 1 heterocycles. The molecule has 0 amide bonds. The van der Waals surface area contributed by atoms with Gasteiger partial charge in [0.15, 0.2) is 17.5 Å². The largest absolute Gasteiger partial charge is 0.208 e. The van der Waals surface area contributed by atoms with E-state index in [-0.39, 0.29) is 5.41 Å². The van der Waals surface area contributed by atoms with E-state index in [4.69, 9.17) is 15.0 Å². The van der Waals surface area contributed by atoms with Crippen LogP contribution >= 0.6 is 0 Å². The van der Waals surface area contributed by atoms with Gasteiger partial charge in [0.05, 0.1) is 0 Å². The van der Waals surface area contributed by atoms with Crippen LogP contribution in [-0.2, 0) is 5.41 Å². The van der Waals surface area contributed by atoms with Gasteiger partial charge in [0.1, 0.15) is 0 Å². The highest BCUT2D eigenvalue weighted by atomic mass is 15.0. The lowest BCUT2D eigenvalue weighted by molar-refractivity contribution is 0.353. The zero-order valence-electron chi connectivity index (χ0n) is 32.3. The van der Waals surface area contributed by atoms with Crippen LogP contribution in [0.15, 0.2) is 188 Å². The lowest BCUT2D eigenvalue weighted by atomic mass is 9.66. The molecule has 0 unspecified atom stereocenters. The number of rotatable bonds is 6. The first-order valence-corrected chi connectivity index (χ1v) is 20.6. The van der Waals surface area contributed by atoms with Crippen molar-refractivity contribution in [2.75, 3.05) is 0 Å². The summed E-state index contributed by atoms with van der Waals surface area (Å²) in [6, 6.07) is 67.6. The van der Waals surface area contributed by atoms with Crippen molar-refractivity contribution in [3.8, 4) is 78.7 Å². The third kappa shape index (κ3) is 5.77. The Bertz CT molecular complexity index is 2960. The highest BCUT2D eigenvalue weighted by molar-refractivity contribution is 6.06. The number of hydrogen-bond acceptors (Lipinski definition) is 3. The molecule has 1 fully saturated rings. The summed E-state index contributed by atoms with van der Waals surface area (Å²) in [5, 5.41) is 2.54. The van der Waals surface area contributed by atoms with Crippen LogP contribution in [0.1, 0.15) is 43.2 Å². The van der Waals surface area contributed by atoms with Gasteiger partial charge in [-0.1, -0.05) is 201 Å². The average Bonchev–Trinajstić information content (AvgIpc) is 3.58. The van der Waals surface area contributed by atoms with Crippen molar-refractivity contribution in [1.82, 2.24) is 15.0 Å². The van der Waals surface area contributed by atoms with Gasteiger partial charge in [0, 0.05) is 22.1 Å². The van der Waals surface area contributed by atoms with Crippen molar-refractivity contribution in [1.29, 1.82) is 0 Å². The molecule has 1 aromatic heterocycles. The fourth-order valence-electron chi connectivity index (χ4n) is 9.86. The Balaban J connectivity index is 0.994. The second kappa shape index (κ2) is 14.2. The molecular weight excluding hydrogens is 703 g/mol. The van der Waals surface area contributed by atoms with E-state index in [1.54, 1.807) is 0 Å². The Morgan fingerprint density at radius 3 is 1.52 bits per heavy atom. The number of aromatic nitrogens is 3. The van der Waals surface area contributed by atoms with Crippen LogP contribution < -0.4 is 0 Å². The van der Waals surface area contributed by atoms with Gasteiger partial charge in [-0.3, -0.25) is 0 Å². The first-order chi connectivity index (χ1) is 28.7. The molecule has 0 atom stereocenters. The van der Waals surface area contributed by atoms with Gasteiger partial charge in [-0.25, -0.2) is 15.0 Å². The molecule has 58 heavy (non-hydrogen) atoms. The summed E-state index contributed by atoms with van der Waals surface area (Å²) < 4.78 is 0. The molecule has 0 radical (unpaired) electrons. The Hall–Kier alpha value is -6.97. The van der Waals surface area contributed by atoms with E-state index < -0.39 is 0 Å². The van der Waals surface area contributed by atoms with Crippen molar-refractivity contribution in [2.45, 2.75) is 37.5 Å². The molecular formula is C55H41N3. The lowest BCUT2D eigenvalue weighted by Crippen LogP contribution is -2.28. The molecule has 0 saturated heterocycles. The van der Waals surface area contributed by atoms with Gasteiger partial charge in [0.25, 0.3) is 0 Å². The fourth-order valence-corrected chi connectivity index (χ4v) is 9.86. The third-order valence-corrected chi connectivity index (χ3v) is 12.5. The Labute approximate surface area is 339 Å². The van der Waals surface area contributed by atoms with Crippen LogP contribution in [0.5, 0.6) is 0 Å². The summed E-state index contributed by atoms with van der Waals surface area (Å²) in [7, 11) is 0. The number of benzene rings is 8. The molecule has 0 bridgehead atoms. The average molecular weight is 744 g/mol. The maximum Gasteiger partial charge on any atom is 0.164 e. The van der Waals surface area contributed by atoms with Crippen molar-refractivity contribution in [2.24, 2.45) is 0 Å². The van der Waals surface area contributed by atoms with Crippen LogP contribution in [0, 0.1) is 0 Å². The summed E-state index contributed by atoms with van der Waals surface area (Å²) in [6.07, 6.45) is 6.30. The first kappa shape index (κ1) is 34.3. The minimum absolute atomic E-state index is 0.0797. The molecule has 2 aliphatic carbocycles. The first-order valence-electron chi connectivity index (χ1n) is 20.6. The lowest BCUT2D eigenvalue weighted by Gasteiger charge is -2.37. The molecule has 9 aromatic rings. The number of nitrogens with zero attached hydrogens (tertiary/aromatic N) is 3. The van der Waals surface area contributed by atoms with E-state index >= 15 is 0 Å². The van der Waals surface area contributed by atoms with Crippen molar-refractivity contribution >= 4 is 10.8 Å². The predicted octanol–water partition coefficient (Wildman–Crippen LogP) is 14.3. The number of hydrogen-bond donors (Lipinski definition) is 0. The Kier molecular flexibility index (Phi) is 8.40. The normalized spacial score (nSPS) is 14.0. The molecule has 3 heteroatoms. The highest BCUT2D eigenvalue weighted by Crippen LogP contribution is 2.58. The SMILES string of the molecule is c1ccc(-c2cccc(-c3nc(-c4ccccc4)nc(-c4ccc(-c5ccc(-c6cccc7c6C6(CCCCC6)c6ccccc6-7)c6ccccc56)cc4)n3)c2)cc1. The Morgan fingerprint density at radius 2 is 0.793 bits per heavy atom. The third-order valence-electron chi connectivity index (χ3n) is 12.5. The minimum atomic E-state index is 0.0797. The van der Waals surface area contributed by atoms with Gasteiger partial charge < -0.3 is 0 Å². The van der Waals surface area contributed by atoms with Crippen LogP contribution in [0.4, 0.5) is 0 Å². The summed E-state index contributed by atoms with van der Waals surface area (Å²) in [5.41, 5.74) is 16.2. The minimum Gasteiger partial charge on any atom is -0.208 e. The van der Waals surface area contributed by atoms with E-state index in [1.165, 1.54) is 81.8 Å². The van der Waals surface area contributed by atoms with Crippen LogP contribution in [-0.4, -0.2) is 15.0 Å². The van der Waals surface area contributed by atoms with Crippen LogP contribution in [0.2, 0.25) is 0 Å². The zero-order chi connectivity index (χ0) is 38.5. The van der Waals surface area contributed by atoms with Gasteiger partial charge in [0.2, 0.25) is 0 Å². The molecule has 0 N–H and O–H groups in total. The maximum atomic E-state index is 5.09. The predicted molar refractivity (Wildman–Crippen MR) is 239 cm³/mol. The highest BCUT2D eigenvalue weighted by Gasteiger charge is 2.45. The smallest absolute Gasteiger partial charge is 0.164 e. The van der Waals surface area contributed by atoms with E-state index in [2.05, 4.69) is 164 Å².